The lowest BCUT2D eigenvalue weighted by atomic mass is 9.99. The molecule has 2 aliphatic rings. The molecule has 2 rings (SSSR count). The number of carboxylic acids is 1. The molecule has 0 aromatic rings. The maximum Gasteiger partial charge on any atom is 0.308 e. The van der Waals surface area contributed by atoms with Gasteiger partial charge in [0.25, 0.3) is 0 Å². The molecule has 0 bridgehead atoms. The zero-order chi connectivity index (χ0) is 15.0. The maximum absolute atomic E-state index is 12.4. The first kappa shape index (κ1) is 15.0. The van der Waals surface area contributed by atoms with Crippen LogP contribution in [0.5, 0.6) is 0 Å². The third kappa shape index (κ3) is 2.44. The quantitative estimate of drug-likeness (QED) is 0.763. The summed E-state index contributed by atoms with van der Waals surface area (Å²) in [5.74, 6) is -1.57. The molecule has 2 amide bonds. The summed E-state index contributed by atoms with van der Waals surface area (Å²) in [6.45, 7) is 6.61. The molecule has 1 N–H and O–H groups in total. The Morgan fingerprint density at radius 2 is 2.05 bits per heavy atom. The van der Waals surface area contributed by atoms with Crippen molar-refractivity contribution in [1.29, 1.82) is 0 Å². The number of aliphatic carboxylic acids is 1. The molecular weight excluding hydrogens is 260 g/mol. The SMILES string of the molecule is CCC(C)N1C(=O)CC(N2C[C@@H](C)[C@H](C(=O)O)C2)C1=O. The third-order valence-corrected chi connectivity index (χ3v) is 4.59. The van der Waals surface area contributed by atoms with Crippen LogP contribution in [0.1, 0.15) is 33.6 Å². The largest absolute Gasteiger partial charge is 0.481 e. The summed E-state index contributed by atoms with van der Waals surface area (Å²) in [5.41, 5.74) is 0. The normalized spacial score (nSPS) is 33.0. The summed E-state index contributed by atoms with van der Waals surface area (Å²) in [5, 5.41) is 9.15. The van der Waals surface area contributed by atoms with E-state index in [9.17, 15) is 14.4 Å². The highest BCUT2D eigenvalue weighted by molar-refractivity contribution is 6.05. The number of hydrogen-bond donors (Lipinski definition) is 1. The number of carbonyl (C=O) groups excluding carboxylic acids is 2. The molecule has 0 spiro atoms. The standard InChI is InChI=1S/C14H22N2O4/c1-4-9(3)16-12(17)5-11(13(16)18)15-6-8(2)10(7-15)14(19)20/h8-11H,4-7H2,1-3H3,(H,19,20)/t8-,9?,10-,11?/m1/s1. The Hall–Kier alpha value is -1.43. The molecule has 2 saturated heterocycles. The van der Waals surface area contributed by atoms with Gasteiger partial charge in [0, 0.05) is 19.1 Å². The highest BCUT2D eigenvalue weighted by Crippen LogP contribution is 2.30. The Morgan fingerprint density at radius 3 is 2.55 bits per heavy atom. The number of imide groups is 1. The highest BCUT2D eigenvalue weighted by atomic mass is 16.4. The van der Waals surface area contributed by atoms with E-state index in [0.29, 0.717) is 13.1 Å². The van der Waals surface area contributed by atoms with E-state index < -0.39 is 17.9 Å². The zero-order valence-corrected chi connectivity index (χ0v) is 12.2. The van der Waals surface area contributed by atoms with Crippen molar-refractivity contribution in [3.8, 4) is 0 Å². The number of likely N-dealkylation sites (tertiary alicyclic amines) is 2. The fourth-order valence-electron chi connectivity index (χ4n) is 3.15. The fraction of sp³-hybridized carbons (Fsp3) is 0.786. The molecule has 0 aromatic carbocycles. The minimum absolute atomic E-state index is 0.00745. The molecule has 0 radical (unpaired) electrons. The summed E-state index contributed by atoms with van der Waals surface area (Å²) in [4.78, 5) is 38.8. The molecule has 20 heavy (non-hydrogen) atoms. The van der Waals surface area contributed by atoms with E-state index in [-0.39, 0.29) is 30.2 Å². The zero-order valence-electron chi connectivity index (χ0n) is 12.2. The first-order chi connectivity index (χ1) is 9.36. The van der Waals surface area contributed by atoms with Crippen LogP contribution in [0.4, 0.5) is 0 Å². The van der Waals surface area contributed by atoms with E-state index in [2.05, 4.69) is 0 Å². The number of nitrogens with zero attached hydrogens (tertiary/aromatic N) is 2. The Morgan fingerprint density at radius 1 is 1.40 bits per heavy atom. The van der Waals surface area contributed by atoms with Crippen LogP contribution in [0.3, 0.4) is 0 Å². The van der Waals surface area contributed by atoms with Crippen molar-refractivity contribution in [3.63, 3.8) is 0 Å². The first-order valence-electron chi connectivity index (χ1n) is 7.19. The maximum atomic E-state index is 12.4. The molecule has 0 saturated carbocycles. The average Bonchev–Trinajstić information content (AvgIpc) is 2.89. The minimum Gasteiger partial charge on any atom is -0.481 e. The van der Waals surface area contributed by atoms with Gasteiger partial charge in [-0.1, -0.05) is 13.8 Å². The van der Waals surface area contributed by atoms with Gasteiger partial charge in [-0.25, -0.2) is 0 Å². The topological polar surface area (TPSA) is 77.9 Å². The van der Waals surface area contributed by atoms with Crippen molar-refractivity contribution in [1.82, 2.24) is 9.80 Å². The van der Waals surface area contributed by atoms with Crippen molar-refractivity contribution >= 4 is 17.8 Å². The van der Waals surface area contributed by atoms with Crippen molar-refractivity contribution < 1.29 is 19.5 Å². The Kier molecular flexibility index (Phi) is 4.13. The molecule has 0 aromatic heterocycles. The lowest BCUT2D eigenvalue weighted by molar-refractivity contribution is -0.144. The Labute approximate surface area is 118 Å². The van der Waals surface area contributed by atoms with Gasteiger partial charge in [-0.15, -0.1) is 0 Å². The van der Waals surface area contributed by atoms with E-state index >= 15 is 0 Å². The van der Waals surface area contributed by atoms with Crippen LogP contribution < -0.4 is 0 Å². The predicted octanol–water partition coefficient (Wildman–Crippen LogP) is 0.565. The van der Waals surface area contributed by atoms with Crippen LogP contribution in [0.2, 0.25) is 0 Å². The smallest absolute Gasteiger partial charge is 0.308 e. The lowest BCUT2D eigenvalue weighted by Crippen LogP contribution is -2.44. The molecule has 2 heterocycles. The van der Waals surface area contributed by atoms with Crippen molar-refractivity contribution in [3.05, 3.63) is 0 Å². The van der Waals surface area contributed by atoms with Crippen molar-refractivity contribution in [2.45, 2.75) is 45.7 Å². The molecular formula is C14H22N2O4. The van der Waals surface area contributed by atoms with Gasteiger partial charge in [0.1, 0.15) is 0 Å². The van der Waals surface area contributed by atoms with Crippen LogP contribution in [-0.4, -0.2) is 57.9 Å². The summed E-state index contributed by atoms with van der Waals surface area (Å²) in [6.07, 6.45) is 0.917. The van der Waals surface area contributed by atoms with Gasteiger partial charge >= 0.3 is 5.97 Å². The molecule has 2 aliphatic heterocycles. The highest BCUT2D eigenvalue weighted by Gasteiger charge is 2.47. The van der Waals surface area contributed by atoms with E-state index in [0.717, 1.165) is 6.42 Å². The minimum atomic E-state index is -0.824. The Balaban J connectivity index is 2.10. The number of rotatable bonds is 4. The second-order valence-corrected chi connectivity index (χ2v) is 5.96. The average molecular weight is 282 g/mol. The first-order valence-corrected chi connectivity index (χ1v) is 7.19. The van der Waals surface area contributed by atoms with Crippen LogP contribution >= 0.6 is 0 Å². The van der Waals surface area contributed by atoms with Crippen LogP contribution in [0.15, 0.2) is 0 Å². The van der Waals surface area contributed by atoms with Gasteiger partial charge in [0.05, 0.1) is 18.4 Å². The van der Waals surface area contributed by atoms with Crippen LogP contribution in [0, 0.1) is 11.8 Å². The summed E-state index contributed by atoms with van der Waals surface area (Å²) >= 11 is 0. The summed E-state index contributed by atoms with van der Waals surface area (Å²) in [7, 11) is 0. The number of carboxylic acid groups (broad SMARTS) is 1. The molecule has 4 atom stereocenters. The number of carbonyl (C=O) groups is 3. The number of amides is 2. The van der Waals surface area contributed by atoms with Gasteiger partial charge in [-0.05, 0) is 19.3 Å². The van der Waals surface area contributed by atoms with Gasteiger partial charge in [-0.2, -0.15) is 0 Å². The van der Waals surface area contributed by atoms with E-state index in [1.54, 1.807) is 0 Å². The van der Waals surface area contributed by atoms with Gasteiger partial charge < -0.3 is 5.11 Å². The third-order valence-electron chi connectivity index (χ3n) is 4.59. The Bertz CT molecular complexity index is 437. The van der Waals surface area contributed by atoms with Crippen LogP contribution in [-0.2, 0) is 14.4 Å². The molecule has 6 heteroatoms. The predicted molar refractivity (Wildman–Crippen MR) is 71.9 cm³/mol. The molecule has 0 aliphatic carbocycles. The summed E-state index contributed by atoms with van der Waals surface area (Å²) < 4.78 is 0. The van der Waals surface area contributed by atoms with Gasteiger partial charge in [0.15, 0.2) is 0 Å². The van der Waals surface area contributed by atoms with Crippen molar-refractivity contribution in [2.24, 2.45) is 11.8 Å². The van der Waals surface area contributed by atoms with E-state index in [1.807, 2.05) is 25.7 Å². The van der Waals surface area contributed by atoms with Gasteiger partial charge in [0.2, 0.25) is 11.8 Å². The number of hydrogen-bond acceptors (Lipinski definition) is 4. The second-order valence-electron chi connectivity index (χ2n) is 5.96. The lowest BCUT2D eigenvalue weighted by Gasteiger charge is -2.25. The molecule has 2 fully saturated rings. The fourth-order valence-corrected chi connectivity index (χ4v) is 3.15. The van der Waals surface area contributed by atoms with E-state index in [1.165, 1.54) is 4.90 Å². The molecule has 2 unspecified atom stereocenters. The van der Waals surface area contributed by atoms with Crippen LogP contribution in [0.25, 0.3) is 0 Å². The summed E-state index contributed by atoms with van der Waals surface area (Å²) in [6, 6.07) is -0.557. The molecule has 112 valence electrons. The second kappa shape index (κ2) is 5.52. The van der Waals surface area contributed by atoms with Crippen molar-refractivity contribution in [2.75, 3.05) is 13.1 Å². The molecule has 6 nitrogen and oxygen atoms in total. The monoisotopic (exact) mass is 282 g/mol. The van der Waals surface area contributed by atoms with Gasteiger partial charge in [-0.3, -0.25) is 24.2 Å². The van der Waals surface area contributed by atoms with E-state index in [4.69, 9.17) is 5.11 Å².